The molecule has 1 fully saturated rings. The molecule has 136 valence electrons. The summed E-state index contributed by atoms with van der Waals surface area (Å²) in [5.41, 5.74) is 7.77. The molecule has 2 atom stereocenters. The molecule has 0 aliphatic heterocycles. The molecule has 2 aromatic rings. The van der Waals surface area contributed by atoms with Gasteiger partial charge in [0.05, 0.1) is 11.2 Å². The highest BCUT2D eigenvalue weighted by atomic mass is 28.4. The van der Waals surface area contributed by atoms with E-state index in [1.165, 1.54) is 0 Å². The van der Waals surface area contributed by atoms with Crippen LogP contribution < -0.4 is 10.5 Å². The number of anilines is 1. The molecule has 25 heavy (non-hydrogen) atoms. The van der Waals surface area contributed by atoms with E-state index in [4.69, 9.17) is 14.9 Å². The van der Waals surface area contributed by atoms with Crippen molar-refractivity contribution in [3.63, 3.8) is 0 Å². The Hall–Kier alpha value is -1.59. The van der Waals surface area contributed by atoms with Gasteiger partial charge >= 0.3 is 0 Å². The highest BCUT2D eigenvalue weighted by Crippen LogP contribution is 2.40. The number of benzene rings is 1. The van der Waals surface area contributed by atoms with Crippen LogP contribution in [0.4, 0.5) is 5.69 Å². The van der Waals surface area contributed by atoms with Crippen LogP contribution in [0.15, 0.2) is 30.5 Å². The average molecular weight is 359 g/mol. The molecule has 0 amide bonds. The lowest BCUT2D eigenvalue weighted by Crippen LogP contribution is -2.43. The van der Waals surface area contributed by atoms with E-state index in [2.05, 4.69) is 38.8 Å². The first-order valence-electron chi connectivity index (χ1n) is 9.14. The number of hydrogen-bond acceptors (Lipinski definition) is 4. The van der Waals surface area contributed by atoms with Crippen LogP contribution in [-0.2, 0) is 4.43 Å². The molecular weight excluding hydrogens is 328 g/mol. The summed E-state index contributed by atoms with van der Waals surface area (Å²) >= 11 is 0. The molecular formula is C20H30N2O2Si. The van der Waals surface area contributed by atoms with E-state index in [-0.39, 0.29) is 11.1 Å². The molecule has 0 spiro atoms. The lowest BCUT2D eigenvalue weighted by molar-refractivity contribution is 0.155. The molecule has 1 aromatic heterocycles. The summed E-state index contributed by atoms with van der Waals surface area (Å²) in [5.74, 6) is 0.740. The van der Waals surface area contributed by atoms with E-state index >= 15 is 0 Å². The normalized spacial score (nSPS) is 21.6. The smallest absolute Gasteiger partial charge is 0.192 e. The van der Waals surface area contributed by atoms with E-state index < -0.39 is 8.32 Å². The van der Waals surface area contributed by atoms with Gasteiger partial charge in [0.15, 0.2) is 8.32 Å². The number of fused-ring (bicyclic) bond motifs is 1. The van der Waals surface area contributed by atoms with Crippen LogP contribution in [0.5, 0.6) is 5.75 Å². The maximum atomic E-state index is 6.55. The van der Waals surface area contributed by atoms with Crippen molar-refractivity contribution in [3.05, 3.63) is 30.5 Å². The van der Waals surface area contributed by atoms with Gasteiger partial charge in [0.25, 0.3) is 0 Å². The fourth-order valence-corrected chi connectivity index (χ4v) is 4.51. The first kappa shape index (κ1) is 18.2. The fraction of sp³-hybridized carbons (Fsp3) is 0.550. The minimum atomic E-state index is -1.73. The van der Waals surface area contributed by atoms with E-state index in [0.717, 1.165) is 35.9 Å². The zero-order chi connectivity index (χ0) is 18.2. The Morgan fingerprint density at radius 1 is 1.16 bits per heavy atom. The summed E-state index contributed by atoms with van der Waals surface area (Å²) in [7, 11) is -1.73. The second-order valence-corrected chi connectivity index (χ2v) is 13.4. The zero-order valence-corrected chi connectivity index (χ0v) is 17.0. The molecule has 2 N–H and O–H groups in total. The number of rotatable bonds is 4. The van der Waals surface area contributed by atoms with Crippen LogP contribution in [0.25, 0.3) is 10.9 Å². The Balaban J connectivity index is 1.67. The zero-order valence-electron chi connectivity index (χ0n) is 16.0. The number of hydrogen-bond donors (Lipinski definition) is 1. The summed E-state index contributed by atoms with van der Waals surface area (Å²) in [5, 5.41) is 1.28. The average Bonchev–Trinajstić information content (AvgIpc) is 2.93. The van der Waals surface area contributed by atoms with Gasteiger partial charge < -0.3 is 14.9 Å². The molecule has 1 aliphatic rings. The van der Waals surface area contributed by atoms with Crippen LogP contribution in [-0.4, -0.2) is 25.5 Å². The minimum Gasteiger partial charge on any atom is -0.488 e. The van der Waals surface area contributed by atoms with Crippen molar-refractivity contribution in [2.45, 2.75) is 70.4 Å². The Labute approximate surface area is 151 Å². The number of aromatic nitrogens is 1. The number of ether oxygens (including phenoxy) is 1. The van der Waals surface area contributed by atoms with Crippen LogP contribution in [0, 0.1) is 0 Å². The molecule has 0 saturated heterocycles. The first-order valence-corrected chi connectivity index (χ1v) is 12.1. The molecule has 0 radical (unpaired) electrons. The number of pyridine rings is 1. The number of nitrogens with zero attached hydrogens (tertiary/aromatic N) is 1. The number of nitrogen functional groups attached to an aromatic ring is 1. The largest absolute Gasteiger partial charge is 0.488 e. The van der Waals surface area contributed by atoms with Crippen LogP contribution in [0.3, 0.4) is 0 Å². The monoisotopic (exact) mass is 358 g/mol. The molecule has 1 saturated carbocycles. The van der Waals surface area contributed by atoms with Gasteiger partial charge in [-0.25, -0.2) is 0 Å². The fourth-order valence-electron chi connectivity index (χ4n) is 3.11. The van der Waals surface area contributed by atoms with Crippen molar-refractivity contribution in [2.75, 3.05) is 5.73 Å². The van der Waals surface area contributed by atoms with Gasteiger partial charge in [-0.05, 0) is 43.1 Å². The summed E-state index contributed by atoms with van der Waals surface area (Å²) in [6.45, 7) is 11.5. The molecule has 1 aliphatic carbocycles. The van der Waals surface area contributed by atoms with Gasteiger partial charge in [0, 0.05) is 30.2 Å². The Bertz CT molecular complexity index is 755. The van der Waals surface area contributed by atoms with Crippen molar-refractivity contribution < 1.29 is 9.16 Å². The van der Waals surface area contributed by atoms with Crippen LogP contribution >= 0.6 is 0 Å². The third kappa shape index (κ3) is 3.98. The van der Waals surface area contributed by atoms with Crippen molar-refractivity contribution in [1.82, 2.24) is 4.98 Å². The third-order valence-electron chi connectivity index (χ3n) is 5.63. The lowest BCUT2D eigenvalue weighted by atomic mass is 10.2. The summed E-state index contributed by atoms with van der Waals surface area (Å²) < 4.78 is 12.8. The topological polar surface area (TPSA) is 57.4 Å². The molecule has 5 heteroatoms. The van der Waals surface area contributed by atoms with Crippen molar-refractivity contribution in [3.8, 4) is 5.75 Å². The SMILES string of the molecule is CC(C)(C)[Si](C)(C)OC1CCC(Oc2cc3ncccc3cc2N)C1. The van der Waals surface area contributed by atoms with Crippen molar-refractivity contribution >= 4 is 24.9 Å². The van der Waals surface area contributed by atoms with Crippen LogP contribution in [0.1, 0.15) is 40.0 Å². The molecule has 4 nitrogen and oxygen atoms in total. The van der Waals surface area contributed by atoms with Gasteiger partial charge in [-0.3, -0.25) is 4.98 Å². The van der Waals surface area contributed by atoms with Gasteiger partial charge in [-0.15, -0.1) is 0 Å². The molecule has 1 aromatic carbocycles. The first-order chi connectivity index (χ1) is 11.7. The Kier molecular flexibility index (Phi) is 4.82. The van der Waals surface area contributed by atoms with Crippen molar-refractivity contribution in [2.24, 2.45) is 0 Å². The second-order valence-electron chi connectivity index (χ2n) is 8.64. The van der Waals surface area contributed by atoms with E-state index in [0.29, 0.717) is 11.8 Å². The van der Waals surface area contributed by atoms with Gasteiger partial charge in [-0.2, -0.15) is 0 Å². The highest BCUT2D eigenvalue weighted by molar-refractivity contribution is 6.74. The third-order valence-corrected chi connectivity index (χ3v) is 10.2. The number of nitrogens with two attached hydrogens (primary N) is 1. The van der Waals surface area contributed by atoms with Gasteiger partial charge in [0.2, 0.25) is 0 Å². The summed E-state index contributed by atoms with van der Waals surface area (Å²) in [6, 6.07) is 7.83. The molecule has 1 heterocycles. The second kappa shape index (κ2) is 6.61. The van der Waals surface area contributed by atoms with Crippen molar-refractivity contribution in [1.29, 1.82) is 0 Å². The predicted octanol–water partition coefficient (Wildman–Crippen LogP) is 5.14. The predicted molar refractivity (Wildman–Crippen MR) is 106 cm³/mol. The summed E-state index contributed by atoms with van der Waals surface area (Å²) in [6.07, 6.45) is 5.26. The molecule has 2 unspecified atom stereocenters. The molecule has 3 rings (SSSR count). The highest BCUT2D eigenvalue weighted by Gasteiger charge is 2.41. The summed E-state index contributed by atoms with van der Waals surface area (Å²) in [4.78, 5) is 4.39. The standard InChI is InChI=1S/C20H30N2O2Si/c1-20(2,3)25(4,5)24-16-9-8-15(12-16)23-19-13-18-14(11-17(19)21)7-6-10-22-18/h6-7,10-11,13,15-16H,8-9,12,21H2,1-5H3. The van der Waals surface area contributed by atoms with E-state index in [1.54, 1.807) is 6.20 Å². The maximum absolute atomic E-state index is 6.55. The van der Waals surface area contributed by atoms with Crippen LogP contribution in [0.2, 0.25) is 18.1 Å². The van der Waals surface area contributed by atoms with E-state index in [9.17, 15) is 0 Å². The Morgan fingerprint density at radius 2 is 1.88 bits per heavy atom. The van der Waals surface area contributed by atoms with E-state index in [1.807, 2.05) is 24.3 Å². The lowest BCUT2D eigenvalue weighted by Gasteiger charge is -2.38. The maximum Gasteiger partial charge on any atom is 0.192 e. The molecule has 0 bridgehead atoms. The minimum absolute atomic E-state index is 0.165. The van der Waals surface area contributed by atoms with Gasteiger partial charge in [-0.1, -0.05) is 26.8 Å². The van der Waals surface area contributed by atoms with Gasteiger partial charge in [0.1, 0.15) is 11.9 Å². The quantitative estimate of drug-likeness (QED) is 0.607. The Morgan fingerprint density at radius 3 is 2.60 bits per heavy atom.